The molecule has 2 amide bonds. The molecule has 0 aromatic heterocycles. The molecule has 0 atom stereocenters. The Balaban J connectivity index is 1.67. The van der Waals surface area contributed by atoms with Crippen LogP contribution in [0.5, 0.6) is 0 Å². The number of aliphatic imine (C=N–C) groups is 1. The number of benzodiazepines with no additional fused rings is 1. The molecule has 4 rings (SSSR count). The summed E-state index contributed by atoms with van der Waals surface area (Å²) in [5.41, 5.74) is 3.15. The lowest BCUT2D eigenvalue weighted by atomic mass is 10.00. The minimum atomic E-state index is -0.307. The lowest BCUT2D eigenvalue weighted by molar-refractivity contribution is -0.120. The van der Waals surface area contributed by atoms with Gasteiger partial charge in [0.25, 0.3) is 0 Å². The molecule has 32 heavy (non-hydrogen) atoms. The number of amides is 2. The highest BCUT2D eigenvalue weighted by Crippen LogP contribution is 2.31. The van der Waals surface area contributed by atoms with Gasteiger partial charge >= 0.3 is 0 Å². The second kappa shape index (κ2) is 9.77. The van der Waals surface area contributed by atoms with Gasteiger partial charge in [0.05, 0.1) is 11.4 Å². The van der Waals surface area contributed by atoms with Crippen LogP contribution in [0.3, 0.4) is 0 Å². The molecule has 162 valence electrons. The first kappa shape index (κ1) is 22.4. The maximum atomic E-state index is 13.0. The molecular formula is C24H19Cl2N3O2S. The summed E-state index contributed by atoms with van der Waals surface area (Å²) in [7, 11) is 0. The first-order valence-corrected chi connectivity index (χ1v) is 11.8. The van der Waals surface area contributed by atoms with Crippen molar-refractivity contribution >= 4 is 63.9 Å². The van der Waals surface area contributed by atoms with E-state index >= 15 is 0 Å². The fourth-order valence-corrected chi connectivity index (χ4v) is 4.34. The van der Waals surface area contributed by atoms with Crippen LogP contribution < -0.4 is 10.2 Å². The Morgan fingerprint density at radius 3 is 2.66 bits per heavy atom. The minimum absolute atomic E-state index is 0.109. The Labute approximate surface area is 200 Å². The van der Waals surface area contributed by atoms with Gasteiger partial charge in [0.2, 0.25) is 11.8 Å². The van der Waals surface area contributed by atoms with Gasteiger partial charge in [0.15, 0.2) is 0 Å². The number of anilines is 2. The summed E-state index contributed by atoms with van der Waals surface area (Å²) in [4.78, 5) is 32.8. The Kier molecular flexibility index (Phi) is 6.84. The summed E-state index contributed by atoms with van der Waals surface area (Å²) in [6, 6.07) is 20.0. The van der Waals surface area contributed by atoms with E-state index in [4.69, 9.17) is 23.2 Å². The molecule has 0 saturated carbocycles. The van der Waals surface area contributed by atoms with Crippen molar-refractivity contribution in [2.24, 2.45) is 4.99 Å². The van der Waals surface area contributed by atoms with Crippen LogP contribution in [-0.4, -0.2) is 36.9 Å². The van der Waals surface area contributed by atoms with Crippen LogP contribution >= 0.6 is 35.0 Å². The first-order chi connectivity index (χ1) is 15.5. The van der Waals surface area contributed by atoms with Gasteiger partial charge in [0.1, 0.15) is 13.1 Å². The van der Waals surface area contributed by atoms with Crippen LogP contribution in [0.1, 0.15) is 11.1 Å². The number of rotatable bonds is 5. The third kappa shape index (κ3) is 4.83. The SMILES string of the molecule is CSc1cccc(NC(=O)CN2C(=O)CN=C(c3ccccc3Cl)c3cc(Cl)ccc32)c1. The highest BCUT2D eigenvalue weighted by atomic mass is 35.5. The fraction of sp³-hybridized carbons (Fsp3) is 0.125. The number of hydrogen-bond acceptors (Lipinski definition) is 4. The third-order valence-electron chi connectivity index (χ3n) is 4.96. The summed E-state index contributed by atoms with van der Waals surface area (Å²) in [6.07, 6.45) is 1.97. The van der Waals surface area contributed by atoms with E-state index in [1.54, 1.807) is 36.0 Å². The van der Waals surface area contributed by atoms with Crippen LogP contribution in [0.2, 0.25) is 10.0 Å². The molecule has 5 nitrogen and oxygen atoms in total. The van der Waals surface area contributed by atoms with E-state index in [-0.39, 0.29) is 24.9 Å². The molecule has 0 radical (unpaired) electrons. The lowest BCUT2D eigenvalue weighted by Gasteiger charge is -2.23. The third-order valence-corrected chi connectivity index (χ3v) is 6.25. The molecule has 0 spiro atoms. The molecule has 0 fully saturated rings. The fourth-order valence-electron chi connectivity index (χ4n) is 3.49. The van der Waals surface area contributed by atoms with Crippen LogP contribution in [0.4, 0.5) is 11.4 Å². The van der Waals surface area contributed by atoms with Crippen LogP contribution in [0.25, 0.3) is 0 Å². The molecule has 0 unspecified atom stereocenters. The highest BCUT2D eigenvalue weighted by Gasteiger charge is 2.27. The number of thioether (sulfide) groups is 1. The van der Waals surface area contributed by atoms with E-state index < -0.39 is 0 Å². The predicted molar refractivity (Wildman–Crippen MR) is 133 cm³/mol. The number of halogens is 2. The standard InChI is InChI=1S/C24H19Cl2N3O2S/c1-32-17-6-4-5-16(12-17)28-22(30)14-29-21-10-9-15(25)11-19(21)24(27-13-23(29)31)18-7-2-3-8-20(18)26/h2-12H,13-14H2,1H3,(H,28,30). The van der Waals surface area contributed by atoms with Gasteiger partial charge in [-0.1, -0.05) is 47.5 Å². The Hall–Kier alpha value is -2.80. The van der Waals surface area contributed by atoms with Crippen molar-refractivity contribution in [2.45, 2.75) is 4.90 Å². The van der Waals surface area contributed by atoms with E-state index in [1.165, 1.54) is 4.90 Å². The number of fused-ring (bicyclic) bond motifs is 1. The molecule has 1 heterocycles. The molecule has 0 bridgehead atoms. The zero-order valence-electron chi connectivity index (χ0n) is 17.1. The van der Waals surface area contributed by atoms with E-state index in [0.29, 0.717) is 38.3 Å². The second-order valence-electron chi connectivity index (χ2n) is 7.07. The van der Waals surface area contributed by atoms with Crippen molar-refractivity contribution < 1.29 is 9.59 Å². The highest BCUT2D eigenvalue weighted by molar-refractivity contribution is 7.98. The average Bonchev–Trinajstić information content (AvgIpc) is 2.91. The average molecular weight is 484 g/mol. The molecule has 3 aromatic carbocycles. The number of hydrogen-bond donors (Lipinski definition) is 1. The predicted octanol–water partition coefficient (Wildman–Crippen LogP) is 5.54. The van der Waals surface area contributed by atoms with Gasteiger partial charge in [-0.25, -0.2) is 0 Å². The maximum absolute atomic E-state index is 13.0. The smallest absolute Gasteiger partial charge is 0.249 e. The monoisotopic (exact) mass is 483 g/mol. The zero-order chi connectivity index (χ0) is 22.7. The number of nitrogens with one attached hydrogen (secondary N) is 1. The molecular weight excluding hydrogens is 465 g/mol. The van der Waals surface area contributed by atoms with Gasteiger partial charge in [-0.2, -0.15) is 0 Å². The van der Waals surface area contributed by atoms with Crippen molar-refractivity contribution in [1.82, 2.24) is 0 Å². The van der Waals surface area contributed by atoms with Crippen LogP contribution in [-0.2, 0) is 9.59 Å². The second-order valence-corrected chi connectivity index (χ2v) is 8.79. The topological polar surface area (TPSA) is 61.8 Å². The zero-order valence-corrected chi connectivity index (χ0v) is 19.5. The summed E-state index contributed by atoms with van der Waals surface area (Å²) in [6.45, 7) is -0.260. The van der Waals surface area contributed by atoms with E-state index in [1.807, 2.05) is 48.7 Å². The quantitative estimate of drug-likeness (QED) is 0.484. The molecule has 0 aliphatic carbocycles. The first-order valence-electron chi connectivity index (χ1n) is 9.80. The molecule has 0 saturated heterocycles. The van der Waals surface area contributed by atoms with Gasteiger partial charge in [-0.15, -0.1) is 11.8 Å². The van der Waals surface area contributed by atoms with Crippen LogP contribution in [0, 0.1) is 0 Å². The normalized spacial score (nSPS) is 13.3. The Morgan fingerprint density at radius 1 is 1.06 bits per heavy atom. The van der Waals surface area contributed by atoms with Crippen molar-refractivity contribution in [2.75, 3.05) is 29.6 Å². The Bertz CT molecular complexity index is 1230. The van der Waals surface area contributed by atoms with E-state index in [2.05, 4.69) is 10.3 Å². The van der Waals surface area contributed by atoms with Crippen molar-refractivity contribution in [3.05, 3.63) is 87.9 Å². The van der Waals surface area contributed by atoms with Gasteiger partial charge in [-0.05, 0) is 48.7 Å². The minimum Gasteiger partial charge on any atom is -0.324 e. The van der Waals surface area contributed by atoms with Crippen molar-refractivity contribution in [3.8, 4) is 0 Å². The van der Waals surface area contributed by atoms with Gasteiger partial charge < -0.3 is 10.2 Å². The molecule has 8 heteroatoms. The number of nitrogens with zero attached hydrogens (tertiary/aromatic N) is 2. The van der Waals surface area contributed by atoms with Crippen LogP contribution in [0.15, 0.2) is 76.6 Å². The molecule has 1 aliphatic heterocycles. The van der Waals surface area contributed by atoms with E-state index in [9.17, 15) is 9.59 Å². The summed E-state index contributed by atoms with van der Waals surface area (Å²) < 4.78 is 0. The summed E-state index contributed by atoms with van der Waals surface area (Å²) in [5.74, 6) is -0.595. The van der Waals surface area contributed by atoms with Crippen molar-refractivity contribution in [1.29, 1.82) is 0 Å². The molecule has 1 N–H and O–H groups in total. The van der Waals surface area contributed by atoms with Gasteiger partial charge in [-0.3, -0.25) is 14.6 Å². The molecule has 3 aromatic rings. The lowest BCUT2D eigenvalue weighted by Crippen LogP contribution is -2.39. The largest absolute Gasteiger partial charge is 0.324 e. The van der Waals surface area contributed by atoms with Gasteiger partial charge in [0, 0.05) is 31.8 Å². The number of carbonyl (C=O) groups is 2. The number of carbonyl (C=O) groups excluding carboxylic acids is 2. The number of benzene rings is 3. The maximum Gasteiger partial charge on any atom is 0.249 e. The molecule has 1 aliphatic rings. The Morgan fingerprint density at radius 2 is 1.88 bits per heavy atom. The van der Waals surface area contributed by atoms with E-state index in [0.717, 1.165) is 4.90 Å². The summed E-state index contributed by atoms with van der Waals surface area (Å²) >= 11 is 14.3. The summed E-state index contributed by atoms with van der Waals surface area (Å²) in [5, 5.41) is 3.88. The van der Waals surface area contributed by atoms with Crippen molar-refractivity contribution in [3.63, 3.8) is 0 Å².